The molecule has 0 spiro atoms. The van der Waals surface area contributed by atoms with Gasteiger partial charge >= 0.3 is 18.2 Å². The molecule has 2 aromatic carbocycles. The largest absolute Gasteiger partial charge is 0.481 e. The summed E-state index contributed by atoms with van der Waals surface area (Å²) in [6.45, 7) is 13.7. The van der Waals surface area contributed by atoms with E-state index in [0.29, 0.717) is 30.3 Å². The number of alkyl carbamates (subject to hydrolysis) is 2. The molecular formula is C42H56F2N8O7. The fraction of sp³-hybridized carbons (Fsp3) is 0.476. The highest BCUT2D eigenvalue weighted by Crippen LogP contribution is 2.22. The van der Waals surface area contributed by atoms with Gasteiger partial charge in [-0.2, -0.15) is 10.2 Å². The number of hydrogen-bond acceptors (Lipinski definition) is 9. The van der Waals surface area contributed by atoms with Crippen molar-refractivity contribution in [3.63, 3.8) is 0 Å². The quantitative estimate of drug-likeness (QED) is 0.139. The van der Waals surface area contributed by atoms with Gasteiger partial charge in [-0.25, -0.2) is 18.4 Å². The summed E-state index contributed by atoms with van der Waals surface area (Å²) < 4.78 is 41.9. The van der Waals surface area contributed by atoms with Crippen LogP contribution in [0.2, 0.25) is 0 Å². The monoisotopic (exact) mass is 822 g/mol. The number of halogens is 2. The minimum Gasteiger partial charge on any atom is -0.481 e. The van der Waals surface area contributed by atoms with Crippen LogP contribution in [0, 0.1) is 11.6 Å². The number of carbonyl (C=O) groups is 4. The number of nitrogens with one attached hydrogen (secondary N) is 3. The SMILES string of the molecule is CC(C)(C)OC(=O)N[C@@H](CC(=O)N1CC(n2cccn2)C1)Cc1ccccc1F.CC(C)(C)OC(=O)N[C@@H](CC(=O)O)Cc1ccccc1F.c1cnn(C2CNC2)c1. The number of ether oxygens (including phenoxy) is 2. The number of likely N-dealkylation sites (tertiary alicyclic amines) is 1. The van der Waals surface area contributed by atoms with Gasteiger partial charge in [-0.3, -0.25) is 19.0 Å². The van der Waals surface area contributed by atoms with Gasteiger partial charge in [-0.05, 0) is 89.8 Å². The Morgan fingerprint density at radius 2 is 1.17 bits per heavy atom. The number of carbonyl (C=O) groups excluding carboxylic acids is 3. The molecule has 2 atom stereocenters. The molecule has 6 rings (SSSR count). The first-order valence-electron chi connectivity index (χ1n) is 19.5. The molecule has 15 nitrogen and oxygen atoms in total. The molecule has 3 amide bonds. The third-order valence-electron chi connectivity index (χ3n) is 8.90. The number of amides is 3. The summed E-state index contributed by atoms with van der Waals surface area (Å²) in [5, 5.41) is 25.6. The first kappa shape index (κ1) is 45.9. The van der Waals surface area contributed by atoms with E-state index < -0.39 is 47.3 Å². The van der Waals surface area contributed by atoms with Crippen LogP contribution in [0.1, 0.15) is 77.6 Å². The van der Waals surface area contributed by atoms with Crippen molar-refractivity contribution in [2.24, 2.45) is 0 Å². The van der Waals surface area contributed by atoms with Gasteiger partial charge in [0.05, 0.1) is 18.5 Å². The van der Waals surface area contributed by atoms with Gasteiger partial charge < -0.3 is 35.4 Å². The standard InChI is InChI=1S/C21H27FN4O3.C15H20FNO4.C6H9N3/c1-21(2,3)29-20(28)24-16(11-15-7-4-5-8-18(15)22)12-19(27)25-13-17(14-25)26-10-6-9-23-26;1-15(2,3)21-14(20)17-11(9-13(18)19)8-10-6-4-5-7-12(10)16;1-2-8-9(3-1)6-4-7-5-6/h4-10,16-17H,11-14H2,1-3H3,(H,24,28);4-7,11H,8-9H2,1-3H3,(H,17,20)(H,18,19);1-3,6-7H,4-5H2/t16-;11-;/m11./s1. The maximum atomic E-state index is 14.1. The highest BCUT2D eigenvalue weighted by Gasteiger charge is 2.34. The van der Waals surface area contributed by atoms with E-state index in [2.05, 4.69) is 26.1 Å². The first-order chi connectivity index (χ1) is 27.8. The zero-order valence-electron chi connectivity index (χ0n) is 34.4. The third-order valence-corrected chi connectivity index (χ3v) is 8.90. The van der Waals surface area contributed by atoms with Gasteiger partial charge in [-0.15, -0.1) is 0 Å². The maximum Gasteiger partial charge on any atom is 0.407 e. The number of hydrogen-bond donors (Lipinski definition) is 4. The van der Waals surface area contributed by atoms with Gasteiger partial charge in [-0.1, -0.05) is 36.4 Å². The molecular weight excluding hydrogens is 767 g/mol. The van der Waals surface area contributed by atoms with Crippen molar-refractivity contribution in [3.8, 4) is 0 Å². The highest BCUT2D eigenvalue weighted by molar-refractivity contribution is 5.79. The average molecular weight is 823 g/mol. The third kappa shape index (κ3) is 16.1. The van der Waals surface area contributed by atoms with Crippen molar-refractivity contribution < 1.29 is 42.5 Å². The van der Waals surface area contributed by atoms with Crippen LogP contribution in [0.15, 0.2) is 85.5 Å². The smallest absolute Gasteiger partial charge is 0.407 e. The van der Waals surface area contributed by atoms with Crippen molar-refractivity contribution in [1.82, 2.24) is 40.4 Å². The summed E-state index contributed by atoms with van der Waals surface area (Å²) in [7, 11) is 0. The van der Waals surface area contributed by atoms with E-state index in [-0.39, 0.29) is 43.4 Å². The number of aliphatic carboxylic acids is 1. The van der Waals surface area contributed by atoms with E-state index in [1.807, 2.05) is 40.1 Å². The molecule has 4 heterocycles. The van der Waals surface area contributed by atoms with Crippen LogP contribution < -0.4 is 16.0 Å². The predicted octanol–water partition coefficient (Wildman–Crippen LogP) is 5.70. The zero-order valence-corrected chi connectivity index (χ0v) is 34.4. The number of benzene rings is 2. The Kier molecular flexibility index (Phi) is 16.5. The Labute approximate surface area is 343 Å². The first-order valence-corrected chi connectivity index (χ1v) is 19.5. The fourth-order valence-corrected chi connectivity index (χ4v) is 5.99. The molecule has 2 saturated heterocycles. The van der Waals surface area contributed by atoms with Crippen LogP contribution in [0.3, 0.4) is 0 Å². The van der Waals surface area contributed by atoms with Crippen LogP contribution in [-0.4, -0.2) is 103 Å². The molecule has 0 radical (unpaired) electrons. The topological polar surface area (TPSA) is 182 Å². The van der Waals surface area contributed by atoms with Crippen molar-refractivity contribution >= 4 is 24.1 Å². The van der Waals surface area contributed by atoms with Crippen LogP contribution >= 0.6 is 0 Å². The molecule has 320 valence electrons. The lowest BCUT2D eigenvalue weighted by Crippen LogP contribution is -2.52. The summed E-state index contributed by atoms with van der Waals surface area (Å²) >= 11 is 0. The molecule has 0 unspecified atom stereocenters. The Bertz CT molecular complexity index is 1940. The molecule has 17 heteroatoms. The Balaban J connectivity index is 0.000000221. The highest BCUT2D eigenvalue weighted by atomic mass is 19.1. The van der Waals surface area contributed by atoms with Crippen molar-refractivity contribution in [3.05, 3.63) is 108 Å². The minimum absolute atomic E-state index is 0.0689. The van der Waals surface area contributed by atoms with Crippen LogP contribution in [0.25, 0.3) is 0 Å². The molecule has 2 aliphatic heterocycles. The van der Waals surface area contributed by atoms with Crippen molar-refractivity contribution in [2.45, 2.75) is 103 Å². The van der Waals surface area contributed by atoms with Crippen LogP contribution in [-0.2, 0) is 31.9 Å². The van der Waals surface area contributed by atoms with E-state index >= 15 is 0 Å². The number of carboxylic acids is 1. The van der Waals surface area contributed by atoms with E-state index in [9.17, 15) is 28.0 Å². The Morgan fingerprint density at radius 1 is 0.729 bits per heavy atom. The fourth-order valence-electron chi connectivity index (χ4n) is 5.99. The lowest BCUT2D eigenvalue weighted by Gasteiger charge is -2.40. The van der Waals surface area contributed by atoms with Gasteiger partial charge in [0.25, 0.3) is 0 Å². The van der Waals surface area contributed by atoms with Gasteiger partial charge in [0.15, 0.2) is 0 Å². The second-order valence-corrected chi connectivity index (χ2v) is 16.3. The van der Waals surface area contributed by atoms with Gasteiger partial charge in [0.2, 0.25) is 5.91 Å². The lowest BCUT2D eigenvalue weighted by molar-refractivity contribution is -0.138. The normalized spacial score (nSPS) is 15.1. The predicted molar refractivity (Wildman–Crippen MR) is 215 cm³/mol. The number of rotatable bonds is 12. The van der Waals surface area contributed by atoms with E-state index in [0.717, 1.165) is 13.1 Å². The lowest BCUT2D eigenvalue weighted by atomic mass is 10.0. The molecule has 2 aromatic heterocycles. The Hall–Kier alpha value is -5.84. The number of nitrogens with zero attached hydrogens (tertiary/aromatic N) is 5. The van der Waals surface area contributed by atoms with Crippen LogP contribution in [0.4, 0.5) is 18.4 Å². The summed E-state index contributed by atoms with van der Waals surface area (Å²) in [6.07, 6.45) is 6.11. The summed E-state index contributed by atoms with van der Waals surface area (Å²) in [5.41, 5.74) is -0.555. The molecule has 0 saturated carbocycles. The van der Waals surface area contributed by atoms with Crippen molar-refractivity contribution in [1.29, 1.82) is 0 Å². The maximum absolute atomic E-state index is 14.1. The summed E-state index contributed by atoms with van der Waals surface area (Å²) in [6, 6.07) is 15.7. The molecule has 0 aliphatic carbocycles. The molecule has 4 aromatic rings. The van der Waals surface area contributed by atoms with Gasteiger partial charge in [0, 0.05) is 69.5 Å². The molecule has 2 aliphatic rings. The Morgan fingerprint density at radius 3 is 1.54 bits per heavy atom. The molecule has 2 fully saturated rings. The second kappa shape index (κ2) is 21.2. The van der Waals surface area contributed by atoms with E-state index in [1.54, 1.807) is 89.0 Å². The van der Waals surface area contributed by atoms with E-state index in [4.69, 9.17) is 14.6 Å². The summed E-state index contributed by atoms with van der Waals surface area (Å²) in [4.78, 5) is 49.2. The van der Waals surface area contributed by atoms with Crippen LogP contribution in [0.5, 0.6) is 0 Å². The minimum atomic E-state index is -1.08. The second-order valence-electron chi connectivity index (χ2n) is 16.3. The molecule has 4 N–H and O–H groups in total. The zero-order chi connectivity index (χ0) is 43.2. The molecule has 59 heavy (non-hydrogen) atoms. The molecule has 0 bridgehead atoms. The average Bonchev–Trinajstić information content (AvgIpc) is 3.80. The van der Waals surface area contributed by atoms with Crippen molar-refractivity contribution in [2.75, 3.05) is 26.2 Å². The van der Waals surface area contributed by atoms with E-state index in [1.165, 1.54) is 12.1 Å². The number of carboxylic acid groups (broad SMARTS) is 1. The summed E-state index contributed by atoms with van der Waals surface area (Å²) in [5.74, 6) is -1.96. The van der Waals surface area contributed by atoms with Gasteiger partial charge in [0.1, 0.15) is 22.8 Å². The number of aromatic nitrogens is 4.